The van der Waals surface area contributed by atoms with Crippen LogP contribution >= 0.6 is 11.3 Å². The van der Waals surface area contributed by atoms with Crippen molar-refractivity contribution in [3.8, 4) is 16.2 Å². The van der Waals surface area contributed by atoms with Crippen molar-refractivity contribution in [1.29, 1.82) is 0 Å². The van der Waals surface area contributed by atoms with E-state index >= 15 is 0 Å². The van der Waals surface area contributed by atoms with Crippen LogP contribution in [0.25, 0.3) is 10.4 Å². The van der Waals surface area contributed by atoms with Gasteiger partial charge in [-0.15, -0.1) is 11.3 Å². The number of carbonyl (C=O) groups excluding carboxylic acids is 1. The Hall–Kier alpha value is -2.21. The zero-order valence-electron chi connectivity index (χ0n) is 23.5. The highest BCUT2D eigenvalue weighted by molar-refractivity contribution is 7.89. The summed E-state index contributed by atoms with van der Waals surface area (Å²) in [7, 11) is -3.81. The maximum absolute atomic E-state index is 13.5. The molecule has 1 saturated carbocycles. The van der Waals surface area contributed by atoms with Crippen LogP contribution in [0.1, 0.15) is 77.6 Å². The molecule has 1 aromatic heterocycles. The highest BCUT2D eigenvalue weighted by Gasteiger charge is 2.30. The molecule has 2 aliphatic rings. The number of alkyl carbamates (subject to hydrolysis) is 1. The van der Waals surface area contributed by atoms with Crippen LogP contribution in [0.3, 0.4) is 0 Å². The van der Waals surface area contributed by atoms with Crippen LogP contribution in [0.2, 0.25) is 0 Å². The van der Waals surface area contributed by atoms with Gasteiger partial charge in [-0.3, -0.25) is 0 Å². The van der Waals surface area contributed by atoms with E-state index in [0.29, 0.717) is 37.1 Å². The molecule has 2 N–H and O–H groups in total. The summed E-state index contributed by atoms with van der Waals surface area (Å²) in [5.41, 5.74) is -0.0152. The van der Waals surface area contributed by atoms with E-state index < -0.39 is 15.6 Å². The molecule has 39 heavy (non-hydrogen) atoms. The molecule has 0 atom stereocenters. The Labute approximate surface area is 236 Å². The number of amides is 1. The molecule has 4 rings (SSSR count). The van der Waals surface area contributed by atoms with E-state index in [2.05, 4.69) is 23.9 Å². The summed E-state index contributed by atoms with van der Waals surface area (Å²) in [4.78, 5) is 17.8. The van der Waals surface area contributed by atoms with Gasteiger partial charge in [0.25, 0.3) is 0 Å². The van der Waals surface area contributed by atoms with Crippen LogP contribution in [-0.2, 0) is 19.5 Å². The minimum atomic E-state index is -3.81. The summed E-state index contributed by atoms with van der Waals surface area (Å²) in [5.74, 6) is 1.30. The largest absolute Gasteiger partial charge is 0.494 e. The number of sulfonamides is 1. The van der Waals surface area contributed by atoms with Crippen molar-refractivity contribution in [3.05, 3.63) is 29.4 Å². The second-order valence-corrected chi connectivity index (χ2v) is 14.6. The van der Waals surface area contributed by atoms with E-state index in [1.807, 2.05) is 32.9 Å². The van der Waals surface area contributed by atoms with E-state index in [4.69, 9.17) is 19.2 Å². The molecule has 1 saturated heterocycles. The van der Waals surface area contributed by atoms with Crippen molar-refractivity contribution in [2.45, 2.75) is 95.2 Å². The fourth-order valence-corrected chi connectivity index (χ4v) is 7.45. The lowest BCUT2D eigenvalue weighted by Gasteiger charge is -2.30. The van der Waals surface area contributed by atoms with Crippen molar-refractivity contribution >= 4 is 27.5 Å². The van der Waals surface area contributed by atoms with Crippen LogP contribution in [0.15, 0.2) is 29.3 Å². The average molecular weight is 580 g/mol. The van der Waals surface area contributed by atoms with Crippen LogP contribution in [0.5, 0.6) is 5.75 Å². The van der Waals surface area contributed by atoms with E-state index in [9.17, 15) is 13.2 Å². The second kappa shape index (κ2) is 12.5. The molecule has 216 valence electrons. The molecule has 9 nitrogen and oxygen atoms in total. The maximum Gasteiger partial charge on any atom is 0.407 e. The minimum Gasteiger partial charge on any atom is -0.494 e. The SMILES string of the molecule is CC(C)CCOc1ccc(-c2cnc(C3CCC(NC(=O)OC4COC4)CC3)s2)c(S(=O)(=O)NC(C)(C)C)c1. The minimum absolute atomic E-state index is 0.0811. The summed E-state index contributed by atoms with van der Waals surface area (Å²) in [6, 6.07) is 5.35. The summed E-state index contributed by atoms with van der Waals surface area (Å²) in [5, 5.41) is 3.96. The molecule has 1 amide bonds. The fourth-order valence-electron chi connectivity index (χ4n) is 4.61. The number of hydrogen-bond acceptors (Lipinski definition) is 8. The van der Waals surface area contributed by atoms with Gasteiger partial charge in [-0.05, 0) is 70.9 Å². The first-order valence-corrected chi connectivity index (χ1v) is 16.0. The molecular formula is C28H41N3O6S2. The van der Waals surface area contributed by atoms with Crippen LogP contribution in [0.4, 0.5) is 4.79 Å². The zero-order chi connectivity index (χ0) is 28.2. The first kappa shape index (κ1) is 29.8. The molecule has 0 unspecified atom stereocenters. The van der Waals surface area contributed by atoms with Crippen molar-refractivity contribution < 1.29 is 27.4 Å². The molecule has 0 bridgehead atoms. The third-order valence-corrected chi connectivity index (χ3v) is 9.71. The monoisotopic (exact) mass is 579 g/mol. The van der Waals surface area contributed by atoms with Crippen molar-refractivity contribution in [2.24, 2.45) is 5.92 Å². The van der Waals surface area contributed by atoms with Gasteiger partial charge in [0.15, 0.2) is 6.10 Å². The molecule has 0 radical (unpaired) electrons. The summed E-state index contributed by atoms with van der Waals surface area (Å²) in [6.07, 6.45) is 5.61. The molecule has 11 heteroatoms. The van der Waals surface area contributed by atoms with Gasteiger partial charge in [0, 0.05) is 35.3 Å². The number of carbonyl (C=O) groups is 1. The van der Waals surface area contributed by atoms with Gasteiger partial charge in [-0.25, -0.2) is 22.9 Å². The normalized spacial score (nSPS) is 20.5. The molecule has 1 aliphatic carbocycles. The van der Waals surface area contributed by atoms with Gasteiger partial charge in [0.1, 0.15) is 5.75 Å². The Morgan fingerprint density at radius 2 is 1.90 bits per heavy atom. The highest BCUT2D eigenvalue weighted by Crippen LogP contribution is 2.40. The lowest BCUT2D eigenvalue weighted by Crippen LogP contribution is -2.44. The first-order valence-electron chi connectivity index (χ1n) is 13.7. The van der Waals surface area contributed by atoms with Gasteiger partial charge in [-0.2, -0.15) is 0 Å². The Morgan fingerprint density at radius 1 is 1.18 bits per heavy atom. The highest BCUT2D eigenvalue weighted by atomic mass is 32.2. The van der Waals surface area contributed by atoms with E-state index in [0.717, 1.165) is 42.0 Å². The predicted molar refractivity (Wildman–Crippen MR) is 152 cm³/mol. The number of nitrogens with one attached hydrogen (secondary N) is 2. The molecule has 0 spiro atoms. The third-order valence-electron chi connectivity index (χ3n) is 6.72. The van der Waals surface area contributed by atoms with Gasteiger partial charge < -0.3 is 19.5 Å². The summed E-state index contributed by atoms with van der Waals surface area (Å²) in [6.45, 7) is 11.2. The number of aromatic nitrogens is 1. The number of ether oxygens (including phenoxy) is 3. The Balaban J connectivity index is 1.47. The zero-order valence-corrected chi connectivity index (χ0v) is 25.1. The van der Waals surface area contributed by atoms with E-state index in [-0.39, 0.29) is 29.1 Å². The quantitative estimate of drug-likeness (QED) is 0.384. The standard InChI is InChI=1S/C28H41N3O6S2/c1-18(2)12-13-36-21-10-11-23(25(14-21)39(33,34)31-28(3,4)5)24-15-29-26(38-24)19-6-8-20(9-7-19)30-27(32)37-22-16-35-17-22/h10-11,14-15,18-20,22,31H,6-9,12-13,16-17H2,1-5H3,(H,30,32). The Morgan fingerprint density at radius 3 is 2.51 bits per heavy atom. The van der Waals surface area contributed by atoms with Gasteiger partial charge in [0.2, 0.25) is 10.0 Å². The van der Waals surface area contributed by atoms with Gasteiger partial charge in [-0.1, -0.05) is 13.8 Å². The fraction of sp³-hybridized carbons (Fsp3) is 0.643. The van der Waals surface area contributed by atoms with E-state index in [1.54, 1.807) is 12.3 Å². The lowest BCUT2D eigenvalue weighted by molar-refractivity contribution is -0.0985. The maximum atomic E-state index is 13.5. The lowest BCUT2D eigenvalue weighted by atomic mass is 9.86. The van der Waals surface area contributed by atoms with Crippen molar-refractivity contribution in [1.82, 2.24) is 15.0 Å². The van der Waals surface area contributed by atoms with Crippen LogP contribution in [-0.4, -0.2) is 57.0 Å². The summed E-state index contributed by atoms with van der Waals surface area (Å²) < 4.78 is 46.0. The first-order chi connectivity index (χ1) is 18.4. The van der Waals surface area contributed by atoms with Gasteiger partial charge >= 0.3 is 6.09 Å². The number of rotatable bonds is 10. The molecular weight excluding hydrogens is 538 g/mol. The number of hydrogen-bond donors (Lipinski definition) is 2. The van der Waals surface area contributed by atoms with Crippen molar-refractivity contribution in [2.75, 3.05) is 19.8 Å². The Kier molecular flexibility index (Phi) is 9.57. The predicted octanol–water partition coefficient (Wildman–Crippen LogP) is 5.46. The second-order valence-electron chi connectivity index (χ2n) is 11.9. The smallest absolute Gasteiger partial charge is 0.407 e. The molecule has 2 heterocycles. The average Bonchev–Trinajstić information content (AvgIpc) is 3.30. The molecule has 2 fully saturated rings. The molecule has 1 aliphatic heterocycles. The van der Waals surface area contributed by atoms with Crippen LogP contribution in [0, 0.1) is 5.92 Å². The number of nitrogens with zero attached hydrogens (tertiary/aromatic N) is 1. The number of benzene rings is 1. The Bertz CT molecular complexity index is 1230. The molecule has 2 aromatic rings. The van der Waals surface area contributed by atoms with E-state index in [1.165, 1.54) is 11.3 Å². The number of thiazole rings is 1. The molecule has 1 aromatic carbocycles. The van der Waals surface area contributed by atoms with Gasteiger partial charge in [0.05, 0.1) is 34.6 Å². The summed E-state index contributed by atoms with van der Waals surface area (Å²) >= 11 is 1.53. The third kappa shape index (κ3) is 8.39. The van der Waals surface area contributed by atoms with Crippen molar-refractivity contribution in [3.63, 3.8) is 0 Å². The van der Waals surface area contributed by atoms with Crippen LogP contribution < -0.4 is 14.8 Å². The topological polar surface area (TPSA) is 116 Å².